The maximum Gasteiger partial charge on any atom is 0.251 e. The molecule has 0 fully saturated rings. The highest BCUT2D eigenvalue weighted by molar-refractivity contribution is 7.89. The molecule has 2 rings (SSSR count). The minimum atomic E-state index is -3.50. The second kappa shape index (κ2) is 8.54. The van der Waals surface area contributed by atoms with E-state index in [2.05, 4.69) is 18.3 Å². The molecule has 0 radical (unpaired) electrons. The van der Waals surface area contributed by atoms with Crippen molar-refractivity contribution in [2.24, 2.45) is 0 Å². The molecule has 0 atom stereocenters. The van der Waals surface area contributed by atoms with Crippen molar-refractivity contribution in [2.45, 2.75) is 25.7 Å². The summed E-state index contributed by atoms with van der Waals surface area (Å²) in [5.41, 5.74) is 3.83. The predicted octanol–water partition coefficient (Wildman–Crippen LogP) is 2.67. The van der Waals surface area contributed by atoms with Crippen molar-refractivity contribution in [2.75, 3.05) is 27.2 Å². The number of carbonyl (C=O) groups excluding carboxylic acids is 1. The summed E-state index contributed by atoms with van der Waals surface area (Å²) in [6.07, 6.45) is 0. The van der Waals surface area contributed by atoms with Crippen LogP contribution in [0.4, 0.5) is 0 Å². The van der Waals surface area contributed by atoms with Crippen LogP contribution in [0.1, 0.15) is 27.0 Å². The monoisotopic (exact) mass is 390 g/mol. The molecule has 0 bridgehead atoms. The van der Waals surface area contributed by atoms with Crippen LogP contribution in [0.25, 0.3) is 0 Å². The van der Waals surface area contributed by atoms with Gasteiger partial charge in [0.2, 0.25) is 10.0 Å². The van der Waals surface area contributed by atoms with E-state index in [0.717, 1.165) is 21.2 Å². The Kier molecular flexibility index (Phi) is 6.62. The number of nitrogens with zero attached hydrogens (tertiary/aromatic N) is 1. The molecule has 0 spiro atoms. The Morgan fingerprint density at radius 3 is 2.19 bits per heavy atom. The molecule has 0 heterocycles. The normalized spacial score (nSPS) is 11.5. The van der Waals surface area contributed by atoms with E-state index in [9.17, 15) is 13.2 Å². The van der Waals surface area contributed by atoms with Crippen LogP contribution in [0.5, 0.6) is 5.75 Å². The lowest BCUT2D eigenvalue weighted by molar-refractivity contribution is 0.0947. The smallest absolute Gasteiger partial charge is 0.251 e. The fourth-order valence-corrected chi connectivity index (χ4v) is 3.41. The molecule has 1 N–H and O–H groups in total. The first-order chi connectivity index (χ1) is 12.6. The van der Waals surface area contributed by atoms with Crippen molar-refractivity contribution in [3.05, 3.63) is 58.7 Å². The van der Waals surface area contributed by atoms with Gasteiger partial charge in [0.25, 0.3) is 5.91 Å². The number of amides is 1. The number of sulfonamides is 1. The second-order valence-corrected chi connectivity index (χ2v) is 8.77. The number of nitrogens with one attached hydrogen (secondary N) is 1. The quantitative estimate of drug-likeness (QED) is 0.738. The summed E-state index contributed by atoms with van der Waals surface area (Å²) in [7, 11) is -0.569. The molecular weight excluding hydrogens is 364 g/mol. The van der Waals surface area contributed by atoms with E-state index in [1.807, 2.05) is 19.9 Å². The minimum Gasteiger partial charge on any atom is -0.491 e. The van der Waals surface area contributed by atoms with Gasteiger partial charge < -0.3 is 10.1 Å². The average Bonchev–Trinajstić information content (AvgIpc) is 2.62. The van der Waals surface area contributed by atoms with Gasteiger partial charge in [0.05, 0.1) is 11.4 Å². The van der Waals surface area contributed by atoms with Crippen molar-refractivity contribution in [3.8, 4) is 5.75 Å². The lowest BCUT2D eigenvalue weighted by Gasteiger charge is -2.13. The third kappa shape index (κ3) is 5.08. The Morgan fingerprint density at radius 2 is 1.59 bits per heavy atom. The number of benzene rings is 2. The van der Waals surface area contributed by atoms with Crippen molar-refractivity contribution < 1.29 is 17.9 Å². The van der Waals surface area contributed by atoms with Crippen LogP contribution < -0.4 is 10.1 Å². The van der Waals surface area contributed by atoms with Crippen LogP contribution in [-0.4, -0.2) is 45.9 Å². The topological polar surface area (TPSA) is 75.7 Å². The number of aryl methyl sites for hydroxylation is 3. The van der Waals surface area contributed by atoms with Gasteiger partial charge >= 0.3 is 0 Å². The molecule has 0 saturated carbocycles. The van der Waals surface area contributed by atoms with E-state index >= 15 is 0 Å². The number of hydrogen-bond acceptors (Lipinski definition) is 4. The first-order valence-corrected chi connectivity index (χ1v) is 10.1. The first kappa shape index (κ1) is 20.9. The van der Waals surface area contributed by atoms with Gasteiger partial charge in [-0.15, -0.1) is 0 Å². The van der Waals surface area contributed by atoms with E-state index in [1.165, 1.54) is 43.9 Å². The van der Waals surface area contributed by atoms with Gasteiger partial charge in [-0.25, -0.2) is 12.7 Å². The number of carbonyl (C=O) groups is 1. The molecule has 0 unspecified atom stereocenters. The molecule has 7 heteroatoms. The molecule has 1 amide bonds. The lowest BCUT2D eigenvalue weighted by atomic mass is 10.1. The van der Waals surface area contributed by atoms with Crippen molar-refractivity contribution in [3.63, 3.8) is 0 Å². The van der Waals surface area contributed by atoms with Crippen LogP contribution in [0.15, 0.2) is 41.3 Å². The van der Waals surface area contributed by atoms with Crippen LogP contribution in [0.3, 0.4) is 0 Å². The average molecular weight is 391 g/mol. The summed E-state index contributed by atoms with van der Waals surface area (Å²) in [4.78, 5) is 12.3. The minimum absolute atomic E-state index is 0.151. The molecular formula is C20H26N2O4S. The Bertz CT molecular complexity index is 920. The second-order valence-electron chi connectivity index (χ2n) is 6.62. The molecule has 0 aliphatic heterocycles. The van der Waals surface area contributed by atoms with E-state index in [0.29, 0.717) is 18.7 Å². The summed E-state index contributed by atoms with van der Waals surface area (Å²) in [5.74, 6) is 0.537. The summed E-state index contributed by atoms with van der Waals surface area (Å²) < 4.78 is 31.0. The van der Waals surface area contributed by atoms with Crippen LogP contribution >= 0.6 is 0 Å². The van der Waals surface area contributed by atoms with Gasteiger partial charge in [-0.05, 0) is 67.8 Å². The lowest BCUT2D eigenvalue weighted by Crippen LogP contribution is -2.28. The predicted molar refractivity (Wildman–Crippen MR) is 106 cm³/mol. The van der Waals surface area contributed by atoms with Crippen molar-refractivity contribution in [1.82, 2.24) is 9.62 Å². The molecule has 2 aromatic rings. The summed E-state index contributed by atoms with van der Waals surface area (Å²) in [6.45, 7) is 6.78. The molecule has 0 aromatic heterocycles. The Labute approximate surface area is 161 Å². The van der Waals surface area contributed by atoms with E-state index < -0.39 is 10.0 Å². The van der Waals surface area contributed by atoms with E-state index in [1.54, 1.807) is 0 Å². The third-order valence-electron chi connectivity index (χ3n) is 4.33. The zero-order chi connectivity index (χ0) is 20.2. The highest BCUT2D eigenvalue weighted by atomic mass is 32.2. The fourth-order valence-electron chi connectivity index (χ4n) is 2.51. The Hall–Kier alpha value is -2.38. The highest BCUT2D eigenvalue weighted by Gasteiger charge is 2.17. The summed E-state index contributed by atoms with van der Waals surface area (Å²) in [5, 5.41) is 2.77. The SMILES string of the molecule is Cc1cc(C)c(OCCNC(=O)c2ccc(S(=O)(=O)N(C)C)cc2)cc1C. The number of hydrogen-bond donors (Lipinski definition) is 1. The number of ether oxygens (including phenoxy) is 1. The van der Waals surface area contributed by atoms with Crippen LogP contribution in [0.2, 0.25) is 0 Å². The van der Waals surface area contributed by atoms with E-state index in [4.69, 9.17) is 4.74 Å². The Morgan fingerprint density at radius 1 is 1.00 bits per heavy atom. The maximum absolute atomic E-state index is 12.2. The first-order valence-electron chi connectivity index (χ1n) is 8.64. The zero-order valence-electron chi connectivity index (χ0n) is 16.4. The van der Waals surface area contributed by atoms with Crippen LogP contribution in [0, 0.1) is 20.8 Å². The van der Waals surface area contributed by atoms with Crippen molar-refractivity contribution in [1.29, 1.82) is 0 Å². The summed E-state index contributed by atoms with van der Waals surface area (Å²) >= 11 is 0. The largest absolute Gasteiger partial charge is 0.491 e. The van der Waals surface area contributed by atoms with Gasteiger partial charge in [0.15, 0.2) is 0 Å². The summed E-state index contributed by atoms with van der Waals surface area (Å²) in [6, 6.07) is 9.93. The molecule has 6 nitrogen and oxygen atoms in total. The molecule has 0 aliphatic rings. The third-order valence-corrected chi connectivity index (χ3v) is 6.16. The molecule has 0 aliphatic carbocycles. The van der Waals surface area contributed by atoms with Crippen molar-refractivity contribution >= 4 is 15.9 Å². The van der Waals surface area contributed by atoms with E-state index in [-0.39, 0.29) is 10.8 Å². The van der Waals surface area contributed by atoms with Gasteiger partial charge in [-0.2, -0.15) is 0 Å². The number of rotatable bonds is 7. The molecule has 0 saturated heterocycles. The van der Waals surface area contributed by atoms with Gasteiger partial charge in [0, 0.05) is 19.7 Å². The molecule has 146 valence electrons. The molecule has 27 heavy (non-hydrogen) atoms. The van der Waals surface area contributed by atoms with Gasteiger partial charge in [0.1, 0.15) is 12.4 Å². The standard InChI is InChI=1S/C20H26N2O4S/c1-14-12-16(3)19(13-15(14)2)26-11-10-21-20(23)17-6-8-18(9-7-17)27(24,25)22(4)5/h6-9,12-13H,10-11H2,1-5H3,(H,21,23). The van der Waals surface area contributed by atoms with Gasteiger partial charge in [-0.1, -0.05) is 6.07 Å². The van der Waals surface area contributed by atoms with Crippen LogP contribution in [-0.2, 0) is 10.0 Å². The highest BCUT2D eigenvalue weighted by Crippen LogP contribution is 2.22. The molecule has 2 aromatic carbocycles. The maximum atomic E-state index is 12.2. The van der Waals surface area contributed by atoms with Gasteiger partial charge in [-0.3, -0.25) is 4.79 Å². The Balaban J connectivity index is 1.90. The zero-order valence-corrected chi connectivity index (χ0v) is 17.2. The fraction of sp³-hybridized carbons (Fsp3) is 0.350.